The predicted octanol–water partition coefficient (Wildman–Crippen LogP) is 0.633. The van der Waals surface area contributed by atoms with E-state index < -0.39 is 6.04 Å². The predicted molar refractivity (Wildman–Crippen MR) is 101 cm³/mol. The third-order valence-electron chi connectivity index (χ3n) is 4.36. The number of carbonyl (C=O) groups is 2. The Morgan fingerprint density at radius 1 is 1.37 bits per heavy atom. The fourth-order valence-electron chi connectivity index (χ4n) is 2.98. The first-order chi connectivity index (χ1) is 13.1. The van der Waals surface area contributed by atoms with Gasteiger partial charge >= 0.3 is 0 Å². The molecule has 1 atom stereocenters. The molecule has 3 rings (SSSR count). The van der Waals surface area contributed by atoms with E-state index in [1.807, 2.05) is 47.4 Å². The maximum absolute atomic E-state index is 12.3. The highest BCUT2D eigenvalue weighted by molar-refractivity contribution is 5.88. The molecule has 142 valence electrons. The van der Waals surface area contributed by atoms with E-state index in [1.54, 1.807) is 6.92 Å². The second kappa shape index (κ2) is 9.09. The van der Waals surface area contributed by atoms with Crippen LogP contribution in [0.15, 0.2) is 36.4 Å². The number of amides is 2. The number of hydrogen-bond acceptors (Lipinski definition) is 5. The molecule has 8 heteroatoms. The quantitative estimate of drug-likeness (QED) is 0.665. The molecule has 1 saturated heterocycles. The van der Waals surface area contributed by atoms with E-state index in [4.69, 9.17) is 0 Å². The topological polar surface area (TPSA) is 103 Å². The summed E-state index contributed by atoms with van der Waals surface area (Å²) in [5.41, 5.74) is 1.11. The van der Waals surface area contributed by atoms with Crippen molar-refractivity contribution in [1.29, 1.82) is 0 Å². The number of H-pyrrole nitrogens is 1. The second-order valence-corrected chi connectivity index (χ2v) is 6.43. The highest BCUT2D eigenvalue weighted by Gasteiger charge is 2.30. The first-order valence-electron chi connectivity index (χ1n) is 9.00. The summed E-state index contributed by atoms with van der Waals surface area (Å²) in [5, 5.41) is 12.3. The second-order valence-electron chi connectivity index (χ2n) is 6.43. The number of aryl methyl sites for hydroxylation is 1. The van der Waals surface area contributed by atoms with E-state index in [0.717, 1.165) is 5.56 Å². The van der Waals surface area contributed by atoms with Gasteiger partial charge < -0.3 is 10.6 Å². The van der Waals surface area contributed by atoms with Gasteiger partial charge in [0.05, 0.1) is 19.0 Å². The van der Waals surface area contributed by atoms with Crippen LogP contribution < -0.4 is 10.6 Å². The minimum atomic E-state index is -0.479. The van der Waals surface area contributed by atoms with Crippen LogP contribution in [0.3, 0.4) is 0 Å². The van der Waals surface area contributed by atoms with E-state index in [0.29, 0.717) is 31.3 Å². The van der Waals surface area contributed by atoms with Gasteiger partial charge in [-0.15, -0.1) is 0 Å². The van der Waals surface area contributed by atoms with Crippen LogP contribution in [-0.2, 0) is 16.1 Å². The molecule has 0 saturated carbocycles. The van der Waals surface area contributed by atoms with Crippen molar-refractivity contribution in [3.8, 4) is 0 Å². The van der Waals surface area contributed by atoms with Crippen LogP contribution in [0.1, 0.15) is 23.6 Å². The van der Waals surface area contributed by atoms with Gasteiger partial charge in [-0.1, -0.05) is 42.5 Å². The van der Waals surface area contributed by atoms with Crippen molar-refractivity contribution < 1.29 is 9.59 Å². The summed E-state index contributed by atoms with van der Waals surface area (Å²) in [6.45, 7) is 3.95. The Morgan fingerprint density at radius 2 is 2.19 bits per heavy atom. The summed E-state index contributed by atoms with van der Waals surface area (Å²) < 4.78 is 0. The zero-order valence-electron chi connectivity index (χ0n) is 15.3. The first kappa shape index (κ1) is 18.8. The minimum Gasteiger partial charge on any atom is -0.353 e. The van der Waals surface area contributed by atoms with E-state index in [1.165, 1.54) is 0 Å². The SMILES string of the molecule is Cc1nc(CNC(=O)C[C@H]2C(=O)NCCN2C/C=C/c2ccccc2)n[nH]1. The number of benzene rings is 1. The van der Waals surface area contributed by atoms with Crippen molar-refractivity contribution in [2.45, 2.75) is 25.9 Å². The average molecular weight is 368 g/mol. The van der Waals surface area contributed by atoms with Crippen LogP contribution in [-0.4, -0.2) is 57.6 Å². The van der Waals surface area contributed by atoms with Gasteiger partial charge in [0.15, 0.2) is 5.82 Å². The van der Waals surface area contributed by atoms with Crippen molar-refractivity contribution in [3.05, 3.63) is 53.6 Å². The molecule has 0 spiro atoms. The van der Waals surface area contributed by atoms with E-state index in [-0.39, 0.29) is 24.8 Å². The monoisotopic (exact) mass is 368 g/mol. The van der Waals surface area contributed by atoms with Gasteiger partial charge in [-0.25, -0.2) is 4.98 Å². The first-order valence-corrected chi connectivity index (χ1v) is 9.00. The third kappa shape index (κ3) is 5.49. The van der Waals surface area contributed by atoms with Crippen molar-refractivity contribution in [2.24, 2.45) is 0 Å². The van der Waals surface area contributed by atoms with Crippen LogP contribution in [0, 0.1) is 6.92 Å². The smallest absolute Gasteiger partial charge is 0.237 e. The fraction of sp³-hybridized carbons (Fsp3) is 0.368. The molecule has 1 aromatic carbocycles. The normalized spacial score (nSPS) is 17.8. The van der Waals surface area contributed by atoms with Crippen LogP contribution in [0.5, 0.6) is 0 Å². The Kier molecular flexibility index (Phi) is 6.32. The molecular weight excluding hydrogens is 344 g/mol. The highest BCUT2D eigenvalue weighted by Crippen LogP contribution is 2.10. The van der Waals surface area contributed by atoms with Gasteiger partial charge in [0.1, 0.15) is 5.82 Å². The lowest BCUT2D eigenvalue weighted by Gasteiger charge is -2.33. The van der Waals surface area contributed by atoms with Crippen molar-refractivity contribution in [3.63, 3.8) is 0 Å². The number of aromatic amines is 1. The Bertz CT molecular complexity index is 802. The van der Waals surface area contributed by atoms with Crippen LogP contribution in [0.2, 0.25) is 0 Å². The average Bonchev–Trinajstić information content (AvgIpc) is 3.09. The van der Waals surface area contributed by atoms with Gasteiger partial charge in [0, 0.05) is 19.6 Å². The molecule has 0 bridgehead atoms. The molecule has 0 radical (unpaired) electrons. The Labute approximate surface area is 158 Å². The van der Waals surface area contributed by atoms with E-state index in [9.17, 15) is 9.59 Å². The van der Waals surface area contributed by atoms with Gasteiger partial charge in [-0.3, -0.25) is 19.6 Å². The zero-order chi connectivity index (χ0) is 19.1. The molecule has 2 aromatic rings. The molecular formula is C19H24N6O2. The van der Waals surface area contributed by atoms with Gasteiger partial charge in [0.2, 0.25) is 11.8 Å². The molecule has 1 aliphatic rings. The molecule has 0 unspecified atom stereocenters. The third-order valence-corrected chi connectivity index (χ3v) is 4.36. The number of nitrogens with zero attached hydrogens (tertiary/aromatic N) is 3. The highest BCUT2D eigenvalue weighted by atomic mass is 16.2. The number of piperazine rings is 1. The summed E-state index contributed by atoms with van der Waals surface area (Å²) in [6.07, 6.45) is 4.15. The van der Waals surface area contributed by atoms with Gasteiger partial charge in [-0.05, 0) is 12.5 Å². The fourth-order valence-corrected chi connectivity index (χ4v) is 2.98. The van der Waals surface area contributed by atoms with Crippen molar-refractivity contribution in [2.75, 3.05) is 19.6 Å². The van der Waals surface area contributed by atoms with Crippen molar-refractivity contribution in [1.82, 2.24) is 30.7 Å². The van der Waals surface area contributed by atoms with Gasteiger partial charge in [-0.2, -0.15) is 5.10 Å². The maximum Gasteiger partial charge on any atom is 0.237 e. The van der Waals surface area contributed by atoms with E-state index >= 15 is 0 Å². The largest absolute Gasteiger partial charge is 0.353 e. The summed E-state index contributed by atoms with van der Waals surface area (Å²) in [5.74, 6) is 0.911. The Balaban J connectivity index is 1.54. The molecule has 0 aliphatic carbocycles. The molecule has 2 heterocycles. The minimum absolute atomic E-state index is 0.106. The lowest BCUT2D eigenvalue weighted by atomic mass is 10.1. The number of nitrogens with one attached hydrogen (secondary N) is 3. The molecule has 1 fully saturated rings. The van der Waals surface area contributed by atoms with Crippen LogP contribution in [0.25, 0.3) is 6.08 Å². The van der Waals surface area contributed by atoms with Crippen molar-refractivity contribution >= 4 is 17.9 Å². The molecule has 27 heavy (non-hydrogen) atoms. The molecule has 1 aliphatic heterocycles. The summed E-state index contributed by atoms with van der Waals surface area (Å²) in [4.78, 5) is 30.7. The summed E-state index contributed by atoms with van der Waals surface area (Å²) >= 11 is 0. The lowest BCUT2D eigenvalue weighted by Crippen LogP contribution is -2.56. The zero-order valence-corrected chi connectivity index (χ0v) is 15.3. The molecule has 8 nitrogen and oxygen atoms in total. The maximum atomic E-state index is 12.3. The number of carbonyl (C=O) groups excluding carboxylic acids is 2. The lowest BCUT2D eigenvalue weighted by molar-refractivity contribution is -0.133. The summed E-state index contributed by atoms with van der Waals surface area (Å²) in [6, 6.07) is 9.51. The standard InChI is InChI=1S/C19H24N6O2/c1-14-22-17(24-23-14)13-21-18(26)12-16-19(27)20-9-11-25(16)10-5-8-15-6-3-2-4-7-15/h2-8,16H,9-13H2,1H3,(H,20,27)(H,21,26)(H,22,23,24)/b8-5+/t16-/m0/s1. The molecule has 1 aromatic heterocycles. The summed E-state index contributed by atoms with van der Waals surface area (Å²) in [7, 11) is 0. The number of aromatic nitrogens is 3. The Hall–Kier alpha value is -3.00. The molecule has 2 amide bonds. The van der Waals surface area contributed by atoms with Crippen LogP contribution in [0.4, 0.5) is 0 Å². The Morgan fingerprint density at radius 3 is 2.93 bits per heavy atom. The van der Waals surface area contributed by atoms with Gasteiger partial charge in [0.25, 0.3) is 0 Å². The number of hydrogen-bond donors (Lipinski definition) is 3. The molecule has 3 N–H and O–H groups in total. The number of rotatable bonds is 7. The van der Waals surface area contributed by atoms with Crippen LogP contribution >= 0.6 is 0 Å². The van der Waals surface area contributed by atoms with E-state index in [2.05, 4.69) is 25.8 Å².